The van der Waals surface area contributed by atoms with Crippen LogP contribution in [0.15, 0.2) is 0 Å². The van der Waals surface area contributed by atoms with Crippen LogP contribution in [-0.4, -0.2) is 19.5 Å². The number of hydrogen-bond donors (Lipinski definition) is 0. The van der Waals surface area contributed by atoms with Crippen LogP contribution >= 0.6 is 0 Å². The Balaban J connectivity index is 1.77. The van der Waals surface area contributed by atoms with Crippen LogP contribution in [0.25, 0.3) is 0 Å². The lowest BCUT2D eigenvalue weighted by molar-refractivity contribution is -0.154. The van der Waals surface area contributed by atoms with Crippen molar-refractivity contribution in [2.45, 2.75) is 110 Å². The minimum Gasteiger partial charge on any atom is -0.353 e. The molecule has 1 heterocycles. The first-order valence-corrected chi connectivity index (χ1v) is 10.6. The fraction of sp³-hybridized carbons (Fsp3) is 0.826. The van der Waals surface area contributed by atoms with Gasteiger partial charge >= 0.3 is 0 Å². The van der Waals surface area contributed by atoms with E-state index in [1.165, 1.54) is 70.6 Å². The summed E-state index contributed by atoms with van der Waals surface area (Å²) in [5, 5.41) is 0. The monoisotopic (exact) mass is 346 g/mol. The summed E-state index contributed by atoms with van der Waals surface area (Å²) in [7, 11) is 0. The largest absolute Gasteiger partial charge is 0.353 e. The summed E-state index contributed by atoms with van der Waals surface area (Å²) >= 11 is 0. The Morgan fingerprint density at radius 2 is 1.36 bits per heavy atom. The highest BCUT2D eigenvalue weighted by molar-refractivity contribution is 4.99. The molecule has 25 heavy (non-hydrogen) atoms. The van der Waals surface area contributed by atoms with Crippen LogP contribution < -0.4 is 0 Å². The second-order valence-corrected chi connectivity index (χ2v) is 6.89. The van der Waals surface area contributed by atoms with Crippen molar-refractivity contribution in [3.8, 4) is 23.7 Å². The first-order valence-electron chi connectivity index (χ1n) is 10.6. The van der Waals surface area contributed by atoms with E-state index in [4.69, 9.17) is 9.47 Å². The van der Waals surface area contributed by atoms with Crippen LogP contribution in [0.5, 0.6) is 0 Å². The number of rotatable bonds is 12. The molecule has 0 spiro atoms. The van der Waals surface area contributed by atoms with E-state index in [9.17, 15) is 0 Å². The molecule has 0 amide bonds. The normalized spacial score (nSPS) is 16.6. The third-order valence-electron chi connectivity index (χ3n) is 4.49. The van der Waals surface area contributed by atoms with Gasteiger partial charge in [-0.15, -0.1) is 17.8 Å². The van der Waals surface area contributed by atoms with Crippen LogP contribution in [0.3, 0.4) is 0 Å². The van der Waals surface area contributed by atoms with Gasteiger partial charge in [0.1, 0.15) is 6.61 Å². The van der Waals surface area contributed by atoms with Crippen LogP contribution in [0.2, 0.25) is 0 Å². The van der Waals surface area contributed by atoms with Crippen LogP contribution in [0.1, 0.15) is 103 Å². The zero-order valence-corrected chi connectivity index (χ0v) is 16.4. The first kappa shape index (κ1) is 22.1. The van der Waals surface area contributed by atoms with Crippen molar-refractivity contribution in [3.63, 3.8) is 0 Å². The van der Waals surface area contributed by atoms with Gasteiger partial charge in [-0.1, -0.05) is 51.4 Å². The number of hydrogen-bond acceptors (Lipinski definition) is 2. The Morgan fingerprint density at radius 1 is 0.760 bits per heavy atom. The molecule has 1 rings (SSSR count). The van der Waals surface area contributed by atoms with Crippen LogP contribution in [-0.2, 0) is 9.47 Å². The molecule has 1 saturated heterocycles. The second-order valence-electron chi connectivity index (χ2n) is 6.89. The van der Waals surface area contributed by atoms with E-state index < -0.39 is 0 Å². The molecule has 1 fully saturated rings. The van der Waals surface area contributed by atoms with E-state index in [0.717, 1.165) is 32.3 Å². The quantitative estimate of drug-likeness (QED) is 0.308. The summed E-state index contributed by atoms with van der Waals surface area (Å²) in [6, 6.07) is 0. The molecular formula is C23H38O2. The summed E-state index contributed by atoms with van der Waals surface area (Å²) in [5.41, 5.74) is 0. The minimum atomic E-state index is -0.00891. The van der Waals surface area contributed by atoms with Gasteiger partial charge in [-0.05, 0) is 38.5 Å². The molecule has 142 valence electrons. The van der Waals surface area contributed by atoms with E-state index in [1.54, 1.807) is 0 Å². The average Bonchev–Trinajstić information content (AvgIpc) is 2.65. The van der Waals surface area contributed by atoms with Crippen molar-refractivity contribution in [2.75, 3.05) is 13.2 Å². The molecular weight excluding hydrogens is 308 g/mol. The zero-order chi connectivity index (χ0) is 17.8. The smallest absolute Gasteiger partial charge is 0.158 e. The lowest BCUT2D eigenvalue weighted by Crippen LogP contribution is -2.22. The molecule has 0 N–H and O–H groups in total. The van der Waals surface area contributed by atoms with E-state index in [-0.39, 0.29) is 6.29 Å². The molecule has 2 heteroatoms. The van der Waals surface area contributed by atoms with Gasteiger partial charge < -0.3 is 9.47 Å². The van der Waals surface area contributed by atoms with Crippen molar-refractivity contribution in [1.29, 1.82) is 0 Å². The Labute approximate surface area is 156 Å². The Kier molecular flexibility index (Phi) is 15.8. The summed E-state index contributed by atoms with van der Waals surface area (Å²) in [4.78, 5) is 0. The number of unbranched alkanes of at least 4 members (excludes halogenated alkanes) is 10. The topological polar surface area (TPSA) is 18.5 Å². The van der Waals surface area contributed by atoms with Crippen LogP contribution in [0, 0.1) is 23.7 Å². The van der Waals surface area contributed by atoms with Gasteiger partial charge in [-0.25, -0.2) is 0 Å². The molecule has 2 nitrogen and oxygen atoms in total. The van der Waals surface area contributed by atoms with Crippen molar-refractivity contribution in [2.24, 2.45) is 0 Å². The van der Waals surface area contributed by atoms with E-state index in [1.807, 2.05) is 0 Å². The predicted molar refractivity (Wildman–Crippen MR) is 106 cm³/mol. The molecule has 0 saturated carbocycles. The molecule has 0 bridgehead atoms. The maximum Gasteiger partial charge on any atom is 0.158 e. The Bertz CT molecular complexity index is 401. The SMILES string of the molecule is CCCCC#CCCCCCCCCCC#CCOC1CCCCO1. The zero-order valence-electron chi connectivity index (χ0n) is 16.4. The van der Waals surface area contributed by atoms with Gasteiger partial charge in [0, 0.05) is 25.9 Å². The summed E-state index contributed by atoms with van der Waals surface area (Å²) in [5.74, 6) is 12.9. The molecule has 0 aromatic heterocycles. The fourth-order valence-electron chi connectivity index (χ4n) is 2.87. The number of ether oxygens (including phenoxy) is 2. The summed E-state index contributed by atoms with van der Waals surface area (Å²) in [6.45, 7) is 3.58. The third kappa shape index (κ3) is 15.0. The van der Waals surface area contributed by atoms with Gasteiger partial charge in [0.25, 0.3) is 0 Å². The summed E-state index contributed by atoms with van der Waals surface area (Å²) < 4.78 is 11.1. The van der Waals surface area contributed by atoms with E-state index in [2.05, 4.69) is 30.6 Å². The standard InChI is InChI=1S/C23H38O2/c1-2-3-4-5-6-7-8-9-10-11-12-13-14-15-16-18-21-24-23-20-17-19-22-25-23/h23H,2-4,7-15,17,19-22H2,1H3. The molecule has 1 unspecified atom stereocenters. The van der Waals surface area contributed by atoms with Gasteiger partial charge in [-0.2, -0.15) is 0 Å². The van der Waals surface area contributed by atoms with Gasteiger partial charge in [-0.3, -0.25) is 0 Å². The minimum absolute atomic E-state index is 0.00891. The molecule has 0 radical (unpaired) electrons. The fourth-order valence-corrected chi connectivity index (χ4v) is 2.87. The first-order chi connectivity index (χ1) is 12.4. The molecule has 0 aromatic carbocycles. The van der Waals surface area contributed by atoms with Crippen molar-refractivity contribution in [3.05, 3.63) is 0 Å². The molecule has 0 aliphatic carbocycles. The van der Waals surface area contributed by atoms with Gasteiger partial charge in [0.2, 0.25) is 0 Å². The predicted octanol–water partition coefficient (Wildman–Crippen LogP) is 6.24. The lowest BCUT2D eigenvalue weighted by Gasteiger charge is -2.21. The highest BCUT2D eigenvalue weighted by Crippen LogP contribution is 2.13. The molecule has 1 aliphatic heterocycles. The van der Waals surface area contributed by atoms with E-state index in [0.29, 0.717) is 6.61 Å². The highest BCUT2D eigenvalue weighted by Gasteiger charge is 2.12. The average molecular weight is 347 g/mol. The maximum atomic E-state index is 5.60. The van der Waals surface area contributed by atoms with Crippen molar-refractivity contribution < 1.29 is 9.47 Å². The Hall–Kier alpha value is -0.960. The highest BCUT2D eigenvalue weighted by atomic mass is 16.7. The van der Waals surface area contributed by atoms with Crippen LogP contribution in [0.4, 0.5) is 0 Å². The van der Waals surface area contributed by atoms with Gasteiger partial charge in [0.15, 0.2) is 6.29 Å². The van der Waals surface area contributed by atoms with Crippen molar-refractivity contribution in [1.82, 2.24) is 0 Å². The molecule has 1 aliphatic rings. The second kappa shape index (κ2) is 17.8. The Morgan fingerprint density at radius 3 is 1.96 bits per heavy atom. The van der Waals surface area contributed by atoms with Crippen molar-refractivity contribution >= 4 is 0 Å². The molecule has 1 atom stereocenters. The summed E-state index contributed by atoms with van der Waals surface area (Å²) in [6.07, 6.45) is 18.3. The molecule has 0 aromatic rings. The van der Waals surface area contributed by atoms with Gasteiger partial charge in [0.05, 0.1) is 0 Å². The maximum absolute atomic E-state index is 5.60. The van der Waals surface area contributed by atoms with E-state index >= 15 is 0 Å². The lowest BCUT2D eigenvalue weighted by atomic mass is 10.1. The third-order valence-corrected chi connectivity index (χ3v) is 4.49.